The summed E-state index contributed by atoms with van der Waals surface area (Å²) in [6, 6.07) is 9.56. The van der Waals surface area contributed by atoms with Crippen LogP contribution in [0.15, 0.2) is 30.3 Å². The van der Waals surface area contributed by atoms with Gasteiger partial charge < -0.3 is 5.32 Å². The minimum atomic E-state index is -0.934. The van der Waals surface area contributed by atoms with Gasteiger partial charge in [-0.25, -0.2) is 0 Å². The Morgan fingerprint density at radius 3 is 2.38 bits per heavy atom. The third-order valence-corrected chi connectivity index (χ3v) is 3.22. The van der Waals surface area contributed by atoms with E-state index in [1.54, 1.807) is 0 Å². The maximum absolute atomic E-state index is 11.7. The molecular formula is C12H12ClNO2. The number of hydrogen-bond acceptors (Lipinski definition) is 2. The zero-order chi connectivity index (χ0) is 11.6. The maximum atomic E-state index is 11.7. The Bertz CT molecular complexity index is 412. The van der Waals surface area contributed by atoms with Gasteiger partial charge in [-0.3, -0.25) is 9.59 Å². The van der Waals surface area contributed by atoms with Crippen LogP contribution in [0.2, 0.25) is 0 Å². The number of halogens is 1. The Morgan fingerprint density at radius 1 is 1.25 bits per heavy atom. The lowest BCUT2D eigenvalue weighted by molar-refractivity contribution is -0.132. The fourth-order valence-electron chi connectivity index (χ4n) is 1.59. The van der Waals surface area contributed by atoms with Crippen molar-refractivity contribution in [3.8, 4) is 0 Å². The van der Waals surface area contributed by atoms with Gasteiger partial charge in [-0.2, -0.15) is 0 Å². The molecule has 0 heterocycles. The van der Waals surface area contributed by atoms with Crippen molar-refractivity contribution in [1.82, 2.24) is 5.32 Å². The molecule has 0 saturated heterocycles. The van der Waals surface area contributed by atoms with E-state index in [9.17, 15) is 9.59 Å². The number of carbonyl (C=O) groups is 2. The lowest BCUT2D eigenvalue weighted by Gasteiger charge is -2.10. The van der Waals surface area contributed by atoms with Crippen molar-refractivity contribution in [2.45, 2.75) is 19.4 Å². The predicted molar refractivity (Wildman–Crippen MR) is 60.8 cm³/mol. The Hall–Kier alpha value is -1.35. The smallest absolute Gasteiger partial charge is 0.237 e. The zero-order valence-electron chi connectivity index (χ0n) is 8.70. The third kappa shape index (κ3) is 2.09. The summed E-state index contributed by atoms with van der Waals surface area (Å²) in [6.45, 7) is 0.436. The number of hydrogen-bond donors (Lipinski definition) is 1. The Balaban J connectivity index is 1.92. The average molecular weight is 238 g/mol. The minimum Gasteiger partial charge on any atom is -0.351 e. The molecule has 0 unspecified atom stereocenters. The van der Waals surface area contributed by atoms with Crippen LogP contribution >= 0.6 is 11.6 Å². The quantitative estimate of drug-likeness (QED) is 0.642. The molecule has 0 aliphatic heterocycles. The molecule has 1 aliphatic rings. The Morgan fingerprint density at radius 2 is 1.88 bits per heavy atom. The SMILES string of the molecule is O=C(Cl)C1(C(=O)NCc2ccccc2)CC1. The summed E-state index contributed by atoms with van der Waals surface area (Å²) in [5.74, 6) is -0.253. The molecular weight excluding hydrogens is 226 g/mol. The summed E-state index contributed by atoms with van der Waals surface area (Å²) in [7, 11) is 0. The molecule has 3 nitrogen and oxygen atoms in total. The summed E-state index contributed by atoms with van der Waals surface area (Å²) < 4.78 is 0. The molecule has 1 saturated carbocycles. The van der Waals surface area contributed by atoms with Crippen LogP contribution in [0.5, 0.6) is 0 Å². The molecule has 1 amide bonds. The van der Waals surface area contributed by atoms with Crippen molar-refractivity contribution >= 4 is 22.8 Å². The van der Waals surface area contributed by atoms with Crippen LogP contribution in [0.25, 0.3) is 0 Å². The molecule has 1 aromatic carbocycles. The van der Waals surface area contributed by atoms with Gasteiger partial charge in [0.15, 0.2) is 0 Å². The van der Waals surface area contributed by atoms with Crippen molar-refractivity contribution < 1.29 is 9.59 Å². The molecule has 0 atom stereocenters. The summed E-state index contributed by atoms with van der Waals surface area (Å²) in [5, 5.41) is 2.20. The van der Waals surface area contributed by atoms with Crippen LogP contribution in [0.3, 0.4) is 0 Å². The lowest BCUT2D eigenvalue weighted by Crippen LogP contribution is -2.34. The molecule has 1 N–H and O–H groups in total. The topological polar surface area (TPSA) is 46.2 Å². The van der Waals surface area contributed by atoms with E-state index in [2.05, 4.69) is 5.32 Å². The monoisotopic (exact) mass is 237 g/mol. The van der Waals surface area contributed by atoms with Gasteiger partial charge in [0.05, 0.1) is 0 Å². The molecule has 0 radical (unpaired) electrons. The molecule has 1 fully saturated rings. The number of rotatable bonds is 4. The van der Waals surface area contributed by atoms with Crippen LogP contribution in [0, 0.1) is 5.41 Å². The average Bonchev–Trinajstić information content (AvgIpc) is 3.08. The van der Waals surface area contributed by atoms with Crippen LogP contribution < -0.4 is 5.32 Å². The van der Waals surface area contributed by atoms with E-state index in [1.165, 1.54) is 0 Å². The normalized spacial score (nSPS) is 16.6. The van der Waals surface area contributed by atoms with E-state index in [0.717, 1.165) is 5.56 Å². The predicted octanol–water partition coefficient (Wildman–Crippen LogP) is 1.85. The highest BCUT2D eigenvalue weighted by atomic mass is 35.5. The molecule has 1 aromatic rings. The molecule has 0 bridgehead atoms. The van der Waals surface area contributed by atoms with Crippen molar-refractivity contribution in [3.63, 3.8) is 0 Å². The van der Waals surface area contributed by atoms with Gasteiger partial charge in [0.2, 0.25) is 11.1 Å². The van der Waals surface area contributed by atoms with Crippen molar-refractivity contribution in [2.24, 2.45) is 5.41 Å². The fraction of sp³-hybridized carbons (Fsp3) is 0.333. The van der Waals surface area contributed by atoms with Crippen molar-refractivity contribution in [3.05, 3.63) is 35.9 Å². The second-order valence-electron chi connectivity index (χ2n) is 4.02. The maximum Gasteiger partial charge on any atom is 0.237 e. The highest BCUT2D eigenvalue weighted by Crippen LogP contribution is 2.47. The summed E-state index contributed by atoms with van der Waals surface area (Å²) >= 11 is 5.41. The Labute approximate surface area is 98.8 Å². The molecule has 2 rings (SSSR count). The standard InChI is InChI=1S/C12H12ClNO2/c13-10(15)12(6-7-12)11(16)14-8-9-4-2-1-3-5-9/h1-5H,6-8H2,(H,14,16). The lowest BCUT2D eigenvalue weighted by atomic mass is 10.1. The molecule has 4 heteroatoms. The fourth-order valence-corrected chi connectivity index (χ4v) is 1.86. The first-order valence-electron chi connectivity index (χ1n) is 5.17. The van der Waals surface area contributed by atoms with Crippen molar-refractivity contribution in [1.29, 1.82) is 0 Å². The third-order valence-electron chi connectivity index (χ3n) is 2.86. The van der Waals surface area contributed by atoms with Gasteiger partial charge in [0, 0.05) is 6.54 Å². The summed E-state index contributed by atoms with van der Waals surface area (Å²) in [4.78, 5) is 22.8. The first-order valence-corrected chi connectivity index (χ1v) is 5.55. The van der Waals surface area contributed by atoms with Gasteiger partial charge in [0.1, 0.15) is 5.41 Å². The molecule has 84 valence electrons. The van der Waals surface area contributed by atoms with E-state index in [0.29, 0.717) is 19.4 Å². The Kier molecular flexibility index (Phi) is 2.97. The number of carbonyl (C=O) groups excluding carboxylic acids is 2. The molecule has 0 spiro atoms. The van der Waals surface area contributed by atoms with Crippen LogP contribution in [0.1, 0.15) is 18.4 Å². The second kappa shape index (κ2) is 4.26. The van der Waals surface area contributed by atoms with Gasteiger partial charge in [-0.05, 0) is 30.0 Å². The number of benzene rings is 1. The first kappa shape index (κ1) is 11.1. The second-order valence-corrected chi connectivity index (χ2v) is 4.37. The number of nitrogens with one attached hydrogen (secondary N) is 1. The van der Waals surface area contributed by atoms with Crippen LogP contribution in [-0.4, -0.2) is 11.1 Å². The van der Waals surface area contributed by atoms with E-state index in [4.69, 9.17) is 11.6 Å². The molecule has 1 aliphatic carbocycles. The highest BCUT2D eigenvalue weighted by Gasteiger charge is 2.55. The molecule has 0 aromatic heterocycles. The zero-order valence-corrected chi connectivity index (χ0v) is 9.46. The largest absolute Gasteiger partial charge is 0.351 e. The van der Waals surface area contributed by atoms with Gasteiger partial charge in [-0.1, -0.05) is 30.3 Å². The summed E-state index contributed by atoms with van der Waals surface area (Å²) in [6.07, 6.45) is 1.13. The van der Waals surface area contributed by atoms with E-state index < -0.39 is 10.7 Å². The number of amides is 1. The molecule has 16 heavy (non-hydrogen) atoms. The first-order chi connectivity index (χ1) is 7.65. The van der Waals surface area contributed by atoms with Gasteiger partial charge >= 0.3 is 0 Å². The van der Waals surface area contributed by atoms with E-state index >= 15 is 0 Å². The van der Waals surface area contributed by atoms with E-state index in [-0.39, 0.29) is 5.91 Å². The van der Waals surface area contributed by atoms with Gasteiger partial charge in [-0.15, -0.1) is 0 Å². The van der Waals surface area contributed by atoms with E-state index in [1.807, 2.05) is 30.3 Å². The highest BCUT2D eigenvalue weighted by molar-refractivity contribution is 6.67. The van der Waals surface area contributed by atoms with Crippen LogP contribution in [-0.2, 0) is 16.1 Å². The van der Waals surface area contributed by atoms with Gasteiger partial charge in [0.25, 0.3) is 0 Å². The van der Waals surface area contributed by atoms with Crippen LogP contribution in [0.4, 0.5) is 0 Å². The van der Waals surface area contributed by atoms with Crippen molar-refractivity contribution in [2.75, 3.05) is 0 Å². The summed E-state index contributed by atoms with van der Waals surface area (Å²) in [5.41, 5.74) is 0.0738. The minimum absolute atomic E-state index is 0.253.